The summed E-state index contributed by atoms with van der Waals surface area (Å²) < 4.78 is 1.13. The fraction of sp³-hybridized carbons (Fsp3) is 0.250. The average molecular weight is 449 g/mol. The molecule has 0 aliphatic rings. The molecule has 0 saturated carbocycles. The molecule has 0 saturated heterocycles. The first-order valence-electron chi connectivity index (χ1n) is 10.1. The first-order chi connectivity index (χ1) is 15.3. The van der Waals surface area contributed by atoms with Crippen LogP contribution >= 0.6 is 11.3 Å². The summed E-state index contributed by atoms with van der Waals surface area (Å²) in [5.74, 6) is -1.77. The van der Waals surface area contributed by atoms with Crippen LogP contribution in [0, 0.1) is 24.2 Å². The average Bonchev–Trinajstić information content (AvgIpc) is 3.17. The third-order valence-electron chi connectivity index (χ3n) is 4.73. The van der Waals surface area contributed by atoms with Gasteiger partial charge in [0.1, 0.15) is 22.7 Å². The summed E-state index contributed by atoms with van der Waals surface area (Å²) in [7, 11) is 0. The SMILES string of the molecule is Cc1ccc2nc(-c3ccc(N/C=C(/C#N)C(=O)NC(CC(C)C)C(=O)O)cc3)sc2c1. The maximum atomic E-state index is 12.3. The van der Waals surface area contributed by atoms with Crippen LogP contribution in [-0.2, 0) is 9.59 Å². The molecular formula is C24H24N4O3S. The zero-order valence-corrected chi connectivity index (χ0v) is 18.9. The summed E-state index contributed by atoms with van der Waals surface area (Å²) in [6.07, 6.45) is 1.55. The first-order valence-corrected chi connectivity index (χ1v) is 11.0. The Kier molecular flexibility index (Phi) is 7.23. The van der Waals surface area contributed by atoms with Gasteiger partial charge in [0.15, 0.2) is 0 Å². The molecule has 1 aromatic heterocycles. The number of amides is 1. The van der Waals surface area contributed by atoms with E-state index in [0.717, 1.165) is 20.8 Å². The van der Waals surface area contributed by atoms with Gasteiger partial charge < -0.3 is 15.7 Å². The first kappa shape index (κ1) is 23.0. The van der Waals surface area contributed by atoms with Gasteiger partial charge in [0.2, 0.25) is 0 Å². The Morgan fingerprint density at radius 1 is 1.22 bits per heavy atom. The van der Waals surface area contributed by atoms with Crippen LogP contribution in [0.3, 0.4) is 0 Å². The summed E-state index contributed by atoms with van der Waals surface area (Å²) in [6, 6.07) is 14.4. The van der Waals surface area contributed by atoms with Gasteiger partial charge in [-0.1, -0.05) is 19.9 Å². The lowest BCUT2D eigenvalue weighted by atomic mass is 10.0. The zero-order valence-electron chi connectivity index (χ0n) is 18.0. The number of aliphatic carboxylic acids is 1. The number of carboxylic acid groups (broad SMARTS) is 1. The molecular weight excluding hydrogens is 424 g/mol. The second kappa shape index (κ2) is 10.1. The Hall–Kier alpha value is -3.70. The number of hydrogen-bond donors (Lipinski definition) is 3. The van der Waals surface area contributed by atoms with E-state index in [2.05, 4.69) is 28.6 Å². The number of hydrogen-bond acceptors (Lipinski definition) is 6. The van der Waals surface area contributed by atoms with Crippen LogP contribution in [0.5, 0.6) is 0 Å². The Labute approximate surface area is 190 Å². The number of nitrogens with one attached hydrogen (secondary N) is 2. The molecule has 0 aliphatic heterocycles. The Morgan fingerprint density at radius 2 is 1.94 bits per heavy atom. The topological polar surface area (TPSA) is 115 Å². The number of nitrogens with zero attached hydrogens (tertiary/aromatic N) is 2. The van der Waals surface area contributed by atoms with Gasteiger partial charge in [-0.25, -0.2) is 9.78 Å². The minimum atomic E-state index is -1.13. The van der Waals surface area contributed by atoms with Gasteiger partial charge in [0.05, 0.1) is 10.2 Å². The highest BCUT2D eigenvalue weighted by molar-refractivity contribution is 7.21. The molecule has 32 heavy (non-hydrogen) atoms. The van der Waals surface area contributed by atoms with Crippen molar-refractivity contribution in [1.29, 1.82) is 5.26 Å². The van der Waals surface area contributed by atoms with Gasteiger partial charge in [0.25, 0.3) is 5.91 Å². The molecule has 0 radical (unpaired) electrons. The second-order valence-electron chi connectivity index (χ2n) is 7.88. The number of benzene rings is 2. The van der Waals surface area contributed by atoms with Crippen LogP contribution in [0.4, 0.5) is 5.69 Å². The van der Waals surface area contributed by atoms with E-state index in [4.69, 9.17) is 0 Å². The van der Waals surface area contributed by atoms with Crippen molar-refractivity contribution in [3.8, 4) is 16.6 Å². The quantitative estimate of drug-likeness (QED) is 0.340. The summed E-state index contributed by atoms with van der Waals surface area (Å²) >= 11 is 1.62. The number of carbonyl (C=O) groups is 2. The highest BCUT2D eigenvalue weighted by atomic mass is 32.1. The molecule has 0 spiro atoms. The van der Waals surface area contributed by atoms with E-state index in [1.54, 1.807) is 11.3 Å². The van der Waals surface area contributed by atoms with Crippen molar-refractivity contribution < 1.29 is 14.7 Å². The van der Waals surface area contributed by atoms with E-state index < -0.39 is 17.9 Å². The maximum absolute atomic E-state index is 12.3. The van der Waals surface area contributed by atoms with Crippen LogP contribution in [0.15, 0.2) is 54.2 Å². The van der Waals surface area contributed by atoms with Crippen LogP contribution in [0.1, 0.15) is 25.8 Å². The van der Waals surface area contributed by atoms with E-state index in [0.29, 0.717) is 5.69 Å². The fourth-order valence-electron chi connectivity index (χ4n) is 3.10. The van der Waals surface area contributed by atoms with Crippen LogP contribution in [0.2, 0.25) is 0 Å². The number of carboxylic acids is 1. The van der Waals surface area contributed by atoms with E-state index in [1.807, 2.05) is 56.3 Å². The van der Waals surface area contributed by atoms with Crippen LogP contribution in [-0.4, -0.2) is 28.0 Å². The van der Waals surface area contributed by atoms with Gasteiger partial charge in [-0.2, -0.15) is 5.26 Å². The molecule has 3 N–H and O–H groups in total. The predicted molar refractivity (Wildman–Crippen MR) is 126 cm³/mol. The van der Waals surface area contributed by atoms with Gasteiger partial charge in [-0.15, -0.1) is 11.3 Å². The van der Waals surface area contributed by atoms with E-state index in [9.17, 15) is 20.0 Å². The predicted octanol–water partition coefficient (Wildman–Crippen LogP) is 4.71. The van der Waals surface area contributed by atoms with Crippen LogP contribution < -0.4 is 10.6 Å². The molecule has 3 rings (SSSR count). The molecule has 0 bridgehead atoms. The maximum Gasteiger partial charge on any atom is 0.326 e. The lowest BCUT2D eigenvalue weighted by Crippen LogP contribution is -2.42. The molecule has 7 nitrogen and oxygen atoms in total. The van der Waals surface area contributed by atoms with Crippen molar-refractivity contribution in [2.24, 2.45) is 5.92 Å². The van der Waals surface area contributed by atoms with Crippen molar-refractivity contribution in [3.63, 3.8) is 0 Å². The molecule has 0 aliphatic carbocycles. The molecule has 1 unspecified atom stereocenters. The minimum Gasteiger partial charge on any atom is -0.480 e. The van der Waals surface area contributed by atoms with Crippen molar-refractivity contribution in [2.45, 2.75) is 33.2 Å². The zero-order chi connectivity index (χ0) is 23.3. The van der Waals surface area contributed by atoms with Crippen molar-refractivity contribution in [1.82, 2.24) is 10.3 Å². The summed E-state index contributed by atoms with van der Waals surface area (Å²) in [4.78, 5) is 28.3. The van der Waals surface area contributed by atoms with Crippen molar-refractivity contribution in [2.75, 3.05) is 5.32 Å². The number of carbonyl (C=O) groups excluding carboxylic acids is 1. The van der Waals surface area contributed by atoms with Gasteiger partial charge in [0, 0.05) is 17.5 Å². The molecule has 3 aromatic rings. The molecule has 1 heterocycles. The molecule has 1 atom stereocenters. The van der Waals surface area contributed by atoms with E-state index in [1.165, 1.54) is 11.8 Å². The molecule has 164 valence electrons. The van der Waals surface area contributed by atoms with E-state index in [-0.39, 0.29) is 17.9 Å². The summed E-state index contributed by atoms with van der Waals surface area (Å²) in [5, 5.41) is 24.8. The fourth-order valence-corrected chi connectivity index (χ4v) is 4.17. The van der Waals surface area contributed by atoms with Crippen LogP contribution in [0.25, 0.3) is 20.8 Å². The van der Waals surface area contributed by atoms with E-state index >= 15 is 0 Å². The number of thiazole rings is 1. The van der Waals surface area contributed by atoms with Gasteiger partial charge in [-0.05, 0) is 61.2 Å². The van der Waals surface area contributed by atoms with Gasteiger partial charge in [-0.3, -0.25) is 4.79 Å². The van der Waals surface area contributed by atoms with Crippen molar-refractivity contribution >= 4 is 39.1 Å². The summed E-state index contributed by atoms with van der Waals surface area (Å²) in [5.41, 5.74) is 3.60. The molecule has 2 aromatic carbocycles. The Morgan fingerprint density at radius 3 is 2.56 bits per heavy atom. The third-order valence-corrected chi connectivity index (χ3v) is 5.80. The largest absolute Gasteiger partial charge is 0.480 e. The number of rotatable bonds is 8. The number of aryl methyl sites for hydroxylation is 1. The minimum absolute atomic E-state index is 0.0852. The molecule has 8 heteroatoms. The summed E-state index contributed by atoms with van der Waals surface area (Å²) in [6.45, 7) is 5.78. The lowest BCUT2D eigenvalue weighted by Gasteiger charge is -2.16. The van der Waals surface area contributed by atoms with Crippen molar-refractivity contribution in [3.05, 3.63) is 59.8 Å². The highest BCUT2D eigenvalue weighted by Gasteiger charge is 2.22. The third kappa shape index (κ3) is 5.71. The Bertz CT molecular complexity index is 1210. The monoisotopic (exact) mass is 448 g/mol. The number of aromatic nitrogens is 1. The molecule has 0 fully saturated rings. The van der Waals surface area contributed by atoms with Gasteiger partial charge >= 0.3 is 5.97 Å². The standard InChI is InChI=1S/C24H24N4O3S/c1-14(2)10-20(24(30)31)27-22(29)17(12-25)13-26-18-7-5-16(6-8-18)23-28-19-9-4-15(3)11-21(19)32-23/h4-9,11,13-14,20,26H,10H2,1-3H3,(H,27,29)(H,30,31)/b17-13-. The highest BCUT2D eigenvalue weighted by Crippen LogP contribution is 2.31. The number of fused-ring (bicyclic) bond motifs is 1. The normalized spacial score (nSPS) is 12.4. The smallest absolute Gasteiger partial charge is 0.326 e. The number of nitriles is 1. The Balaban J connectivity index is 1.69. The number of anilines is 1. The molecule has 1 amide bonds. The lowest BCUT2D eigenvalue weighted by molar-refractivity contribution is -0.141. The second-order valence-corrected chi connectivity index (χ2v) is 8.91.